The standard InChI is InChI=1S/C24H21FN4O5/c1-12-8-13-6-7-28(11-17(13)18(25)9-12)24(34)26-14-2-3-15-16(10-14)23(33)29(22(15)32)19-4-5-20(30)27-21(19)31/h2-3,8-10,19H,4-7,11H2,1H3,(H,26,34)(H,27,30,31). The molecule has 0 spiro atoms. The molecule has 6 amide bonds. The minimum Gasteiger partial charge on any atom is -0.320 e. The summed E-state index contributed by atoms with van der Waals surface area (Å²) in [5, 5.41) is 4.85. The summed E-state index contributed by atoms with van der Waals surface area (Å²) in [6.07, 6.45) is 0.621. The lowest BCUT2D eigenvalue weighted by atomic mass is 9.97. The van der Waals surface area contributed by atoms with E-state index < -0.39 is 35.7 Å². The highest BCUT2D eigenvalue weighted by atomic mass is 19.1. The Morgan fingerprint density at radius 2 is 1.82 bits per heavy atom. The molecule has 0 aromatic heterocycles. The van der Waals surface area contributed by atoms with Gasteiger partial charge in [0.1, 0.15) is 11.9 Å². The highest BCUT2D eigenvalue weighted by molar-refractivity contribution is 6.23. The topological polar surface area (TPSA) is 116 Å². The first kappa shape index (κ1) is 21.7. The number of hydrogen-bond acceptors (Lipinski definition) is 5. The molecule has 1 atom stereocenters. The molecule has 10 heteroatoms. The van der Waals surface area contributed by atoms with Crippen LogP contribution in [-0.4, -0.2) is 52.0 Å². The van der Waals surface area contributed by atoms with Crippen LogP contribution in [0.5, 0.6) is 0 Å². The second-order valence-corrected chi connectivity index (χ2v) is 8.69. The third-order valence-electron chi connectivity index (χ3n) is 6.41. The van der Waals surface area contributed by atoms with Gasteiger partial charge in [-0.3, -0.25) is 29.4 Å². The Hall–Kier alpha value is -4.08. The Balaban J connectivity index is 1.32. The van der Waals surface area contributed by atoms with E-state index in [0.717, 1.165) is 16.0 Å². The molecule has 0 radical (unpaired) electrons. The number of amides is 6. The number of carbonyl (C=O) groups excluding carboxylic acids is 5. The number of urea groups is 1. The summed E-state index contributed by atoms with van der Waals surface area (Å²) in [4.78, 5) is 64.5. The number of hydrogen-bond donors (Lipinski definition) is 2. The second kappa shape index (κ2) is 8.05. The molecule has 2 aromatic rings. The van der Waals surface area contributed by atoms with Gasteiger partial charge in [-0.2, -0.15) is 0 Å². The number of piperidine rings is 1. The van der Waals surface area contributed by atoms with Crippen LogP contribution in [-0.2, 0) is 22.6 Å². The van der Waals surface area contributed by atoms with Gasteiger partial charge in [0.25, 0.3) is 11.8 Å². The molecule has 2 aromatic carbocycles. The van der Waals surface area contributed by atoms with Crippen molar-refractivity contribution in [2.75, 3.05) is 11.9 Å². The molecular formula is C24H21FN4O5. The van der Waals surface area contributed by atoms with Crippen molar-refractivity contribution in [1.29, 1.82) is 0 Å². The first-order valence-corrected chi connectivity index (χ1v) is 10.9. The van der Waals surface area contributed by atoms with Gasteiger partial charge in [-0.25, -0.2) is 9.18 Å². The van der Waals surface area contributed by atoms with Gasteiger partial charge < -0.3 is 10.2 Å². The van der Waals surface area contributed by atoms with Crippen LogP contribution in [0, 0.1) is 12.7 Å². The molecular weight excluding hydrogens is 443 g/mol. The van der Waals surface area contributed by atoms with Gasteiger partial charge in [0, 0.05) is 24.2 Å². The average Bonchev–Trinajstić information content (AvgIpc) is 3.03. The lowest BCUT2D eigenvalue weighted by molar-refractivity contribution is -0.136. The van der Waals surface area contributed by atoms with Crippen molar-refractivity contribution >= 4 is 35.3 Å². The molecule has 174 valence electrons. The molecule has 0 saturated carbocycles. The van der Waals surface area contributed by atoms with Crippen molar-refractivity contribution in [3.8, 4) is 0 Å². The zero-order chi connectivity index (χ0) is 24.1. The number of aryl methyl sites for hydroxylation is 1. The van der Waals surface area contributed by atoms with Crippen molar-refractivity contribution < 1.29 is 28.4 Å². The SMILES string of the molecule is Cc1cc(F)c2c(c1)CCN(C(=O)Nc1ccc3c(c1)C(=O)N(C1CCC(=O)NC1=O)C3=O)C2. The molecule has 3 aliphatic heterocycles. The van der Waals surface area contributed by atoms with E-state index in [9.17, 15) is 28.4 Å². The Morgan fingerprint density at radius 3 is 2.59 bits per heavy atom. The lowest BCUT2D eigenvalue weighted by Gasteiger charge is -2.29. The smallest absolute Gasteiger partial charge is 0.320 e. The van der Waals surface area contributed by atoms with Crippen molar-refractivity contribution in [3.63, 3.8) is 0 Å². The Morgan fingerprint density at radius 1 is 1.06 bits per heavy atom. The van der Waals surface area contributed by atoms with Crippen LogP contribution >= 0.6 is 0 Å². The third kappa shape index (κ3) is 3.60. The Labute approximate surface area is 193 Å². The Bertz CT molecular complexity index is 1290. The summed E-state index contributed by atoms with van der Waals surface area (Å²) >= 11 is 0. The monoisotopic (exact) mass is 464 g/mol. The number of nitrogens with one attached hydrogen (secondary N) is 2. The van der Waals surface area contributed by atoms with Gasteiger partial charge in [-0.15, -0.1) is 0 Å². The van der Waals surface area contributed by atoms with Crippen LogP contribution in [0.3, 0.4) is 0 Å². The molecule has 3 heterocycles. The van der Waals surface area contributed by atoms with E-state index >= 15 is 0 Å². The fourth-order valence-corrected chi connectivity index (χ4v) is 4.69. The van der Waals surface area contributed by atoms with Gasteiger partial charge in [0.2, 0.25) is 11.8 Å². The fourth-order valence-electron chi connectivity index (χ4n) is 4.69. The van der Waals surface area contributed by atoms with E-state index in [1.165, 1.54) is 29.2 Å². The maximum atomic E-state index is 14.4. The highest BCUT2D eigenvalue weighted by Crippen LogP contribution is 2.30. The molecule has 0 aliphatic carbocycles. The van der Waals surface area contributed by atoms with E-state index in [1.807, 2.05) is 13.0 Å². The number of benzene rings is 2. The van der Waals surface area contributed by atoms with E-state index in [1.54, 1.807) is 0 Å². The second-order valence-electron chi connectivity index (χ2n) is 8.69. The number of fused-ring (bicyclic) bond motifs is 2. The van der Waals surface area contributed by atoms with Crippen molar-refractivity contribution in [1.82, 2.24) is 15.1 Å². The van der Waals surface area contributed by atoms with Crippen LogP contribution in [0.25, 0.3) is 0 Å². The maximum absolute atomic E-state index is 14.4. The number of anilines is 1. The summed E-state index contributed by atoms with van der Waals surface area (Å²) in [6.45, 7) is 2.36. The minimum atomic E-state index is -1.06. The van der Waals surface area contributed by atoms with Gasteiger partial charge in [-0.05, 0) is 55.2 Å². The average molecular weight is 464 g/mol. The number of rotatable bonds is 2. The minimum absolute atomic E-state index is 0.0320. The molecule has 2 N–H and O–H groups in total. The van der Waals surface area contributed by atoms with Gasteiger partial charge in [0.05, 0.1) is 17.7 Å². The molecule has 0 bridgehead atoms. The van der Waals surface area contributed by atoms with E-state index in [0.29, 0.717) is 24.2 Å². The van der Waals surface area contributed by atoms with Crippen LogP contribution in [0.2, 0.25) is 0 Å². The first-order valence-electron chi connectivity index (χ1n) is 10.9. The summed E-state index contributed by atoms with van der Waals surface area (Å²) in [7, 11) is 0. The highest BCUT2D eigenvalue weighted by Gasteiger charge is 2.44. The maximum Gasteiger partial charge on any atom is 0.322 e. The predicted octanol–water partition coefficient (Wildman–Crippen LogP) is 2.13. The molecule has 5 rings (SSSR count). The Kier molecular flexibility index (Phi) is 5.15. The van der Waals surface area contributed by atoms with Crippen molar-refractivity contribution in [3.05, 3.63) is 64.0 Å². The number of halogens is 1. The molecule has 9 nitrogen and oxygen atoms in total. The summed E-state index contributed by atoms with van der Waals surface area (Å²) in [5.74, 6) is -2.76. The van der Waals surface area contributed by atoms with E-state index in [4.69, 9.17) is 0 Å². The predicted molar refractivity (Wildman–Crippen MR) is 117 cm³/mol. The number of nitrogens with zero attached hydrogens (tertiary/aromatic N) is 2. The third-order valence-corrected chi connectivity index (χ3v) is 6.41. The van der Waals surface area contributed by atoms with Crippen LogP contribution < -0.4 is 10.6 Å². The zero-order valence-electron chi connectivity index (χ0n) is 18.3. The van der Waals surface area contributed by atoms with Crippen LogP contribution in [0.1, 0.15) is 50.2 Å². The molecule has 1 unspecified atom stereocenters. The van der Waals surface area contributed by atoms with Crippen LogP contribution in [0.15, 0.2) is 30.3 Å². The van der Waals surface area contributed by atoms with Gasteiger partial charge >= 0.3 is 6.03 Å². The first-order chi connectivity index (χ1) is 16.2. The summed E-state index contributed by atoms with van der Waals surface area (Å²) in [5.41, 5.74) is 2.69. The molecule has 1 fully saturated rings. The van der Waals surface area contributed by atoms with Crippen LogP contribution in [0.4, 0.5) is 14.9 Å². The molecule has 34 heavy (non-hydrogen) atoms. The van der Waals surface area contributed by atoms with Gasteiger partial charge in [0.15, 0.2) is 0 Å². The van der Waals surface area contributed by atoms with E-state index in [2.05, 4.69) is 10.6 Å². The molecule has 1 saturated heterocycles. The summed E-state index contributed by atoms with van der Waals surface area (Å²) in [6, 6.07) is 6.16. The lowest BCUT2D eigenvalue weighted by Crippen LogP contribution is -2.54. The largest absolute Gasteiger partial charge is 0.322 e. The van der Waals surface area contributed by atoms with Crippen molar-refractivity contribution in [2.24, 2.45) is 0 Å². The quantitative estimate of drug-likeness (QED) is 0.661. The normalized spacial score (nSPS) is 19.6. The molecule has 3 aliphatic rings. The van der Waals surface area contributed by atoms with Crippen molar-refractivity contribution in [2.45, 2.75) is 38.8 Å². The fraction of sp³-hybridized carbons (Fsp3) is 0.292. The zero-order valence-corrected chi connectivity index (χ0v) is 18.3. The number of carbonyl (C=O) groups is 5. The van der Waals surface area contributed by atoms with Gasteiger partial charge in [-0.1, -0.05) is 6.07 Å². The van der Waals surface area contributed by atoms with E-state index in [-0.39, 0.29) is 36.3 Å². The summed E-state index contributed by atoms with van der Waals surface area (Å²) < 4.78 is 14.4. The number of imide groups is 2.